The van der Waals surface area contributed by atoms with E-state index in [4.69, 9.17) is 15.2 Å². The molecule has 1 aromatic carbocycles. The Morgan fingerprint density at radius 3 is 2.86 bits per heavy atom. The van der Waals surface area contributed by atoms with Gasteiger partial charge in [-0.25, -0.2) is 0 Å². The van der Waals surface area contributed by atoms with Gasteiger partial charge in [0.05, 0.1) is 19.8 Å². The highest BCUT2D eigenvalue weighted by Crippen LogP contribution is 2.36. The van der Waals surface area contributed by atoms with Crippen molar-refractivity contribution in [1.82, 2.24) is 4.98 Å². The molecule has 5 nitrogen and oxygen atoms in total. The molecule has 2 saturated heterocycles. The van der Waals surface area contributed by atoms with Crippen molar-refractivity contribution < 1.29 is 9.47 Å². The van der Waals surface area contributed by atoms with Crippen LogP contribution in [0.1, 0.15) is 12.8 Å². The second-order valence-electron chi connectivity index (χ2n) is 5.73. The van der Waals surface area contributed by atoms with Gasteiger partial charge in [-0.2, -0.15) is 0 Å². The molecule has 3 heterocycles. The Balaban J connectivity index is 1.74. The van der Waals surface area contributed by atoms with Gasteiger partial charge in [0.2, 0.25) is 0 Å². The van der Waals surface area contributed by atoms with E-state index in [2.05, 4.69) is 16.0 Å². The first kappa shape index (κ1) is 12.9. The molecule has 0 atom stereocenters. The summed E-state index contributed by atoms with van der Waals surface area (Å²) in [4.78, 5) is 6.53. The summed E-state index contributed by atoms with van der Waals surface area (Å²) in [6.07, 6.45) is 5.68. The van der Waals surface area contributed by atoms with Gasteiger partial charge >= 0.3 is 0 Å². The minimum Gasteiger partial charge on any atom is -0.398 e. The van der Waals surface area contributed by atoms with Crippen LogP contribution in [-0.4, -0.2) is 37.1 Å². The van der Waals surface area contributed by atoms with Gasteiger partial charge in [-0.05, 0) is 24.6 Å². The molecule has 0 aliphatic carbocycles. The van der Waals surface area contributed by atoms with Gasteiger partial charge in [0.25, 0.3) is 0 Å². The Morgan fingerprint density at radius 2 is 2.00 bits per heavy atom. The monoisotopic (exact) mass is 285 g/mol. The third-order valence-corrected chi connectivity index (χ3v) is 4.40. The van der Waals surface area contributed by atoms with Crippen LogP contribution in [0.15, 0.2) is 30.6 Å². The van der Waals surface area contributed by atoms with Gasteiger partial charge < -0.3 is 20.1 Å². The maximum absolute atomic E-state index is 6.06. The SMILES string of the molecule is Nc1ccc(N2CCCC3(C2)OCCO3)c2ccncc12. The summed E-state index contributed by atoms with van der Waals surface area (Å²) >= 11 is 0. The van der Waals surface area contributed by atoms with Crippen molar-refractivity contribution >= 4 is 22.1 Å². The Bertz CT molecular complexity index is 668. The summed E-state index contributed by atoms with van der Waals surface area (Å²) in [6.45, 7) is 3.17. The number of rotatable bonds is 1. The lowest BCUT2D eigenvalue weighted by Crippen LogP contribution is -2.49. The predicted octanol–water partition coefficient (Wildman–Crippen LogP) is 2.16. The van der Waals surface area contributed by atoms with Crippen LogP contribution in [0.25, 0.3) is 10.8 Å². The number of hydrogen-bond acceptors (Lipinski definition) is 5. The number of nitrogens with zero attached hydrogens (tertiary/aromatic N) is 2. The van der Waals surface area contributed by atoms with Crippen molar-refractivity contribution in [2.75, 3.05) is 36.9 Å². The summed E-state index contributed by atoms with van der Waals surface area (Å²) in [5, 5.41) is 2.14. The van der Waals surface area contributed by atoms with Gasteiger partial charge in [-0.3, -0.25) is 4.98 Å². The Kier molecular flexibility index (Phi) is 2.97. The van der Waals surface area contributed by atoms with Crippen LogP contribution in [0, 0.1) is 0 Å². The standard InChI is InChI=1S/C16H19N3O2/c17-14-2-3-15(12-4-6-18-10-13(12)14)19-7-1-5-16(11-19)20-8-9-21-16/h2-4,6,10H,1,5,7-9,11,17H2. The lowest BCUT2D eigenvalue weighted by atomic mass is 10.0. The Labute approximate surface area is 123 Å². The van der Waals surface area contributed by atoms with Gasteiger partial charge in [0.1, 0.15) is 0 Å². The van der Waals surface area contributed by atoms with Crippen LogP contribution >= 0.6 is 0 Å². The van der Waals surface area contributed by atoms with Crippen molar-refractivity contribution in [2.45, 2.75) is 18.6 Å². The molecule has 5 heteroatoms. The van der Waals surface area contributed by atoms with E-state index in [9.17, 15) is 0 Å². The first-order valence-corrected chi connectivity index (χ1v) is 7.43. The van der Waals surface area contributed by atoms with E-state index in [1.165, 1.54) is 5.69 Å². The van der Waals surface area contributed by atoms with Crippen molar-refractivity contribution in [3.8, 4) is 0 Å². The molecule has 2 aliphatic heterocycles. The molecule has 0 amide bonds. The van der Waals surface area contributed by atoms with Crippen LogP contribution < -0.4 is 10.6 Å². The van der Waals surface area contributed by atoms with Crippen LogP contribution in [0.3, 0.4) is 0 Å². The summed E-state index contributed by atoms with van der Waals surface area (Å²) in [6, 6.07) is 6.07. The molecule has 2 N–H and O–H groups in total. The van der Waals surface area contributed by atoms with Crippen molar-refractivity contribution in [1.29, 1.82) is 0 Å². The van der Waals surface area contributed by atoms with E-state index in [1.807, 2.05) is 24.5 Å². The molecule has 0 bridgehead atoms. The largest absolute Gasteiger partial charge is 0.398 e. The number of piperidine rings is 1. The van der Waals surface area contributed by atoms with Gasteiger partial charge in [-0.1, -0.05) is 0 Å². The Hall–Kier alpha value is -1.85. The lowest BCUT2D eigenvalue weighted by molar-refractivity contribution is -0.161. The molecule has 0 radical (unpaired) electrons. The maximum Gasteiger partial charge on any atom is 0.186 e. The van der Waals surface area contributed by atoms with Crippen molar-refractivity contribution in [2.24, 2.45) is 0 Å². The molecular formula is C16H19N3O2. The van der Waals surface area contributed by atoms with Crippen LogP contribution in [0.5, 0.6) is 0 Å². The Morgan fingerprint density at radius 1 is 1.14 bits per heavy atom. The molecule has 1 aromatic heterocycles. The predicted molar refractivity (Wildman–Crippen MR) is 82.2 cm³/mol. The summed E-state index contributed by atoms with van der Waals surface area (Å²) in [7, 11) is 0. The van der Waals surface area contributed by atoms with Crippen molar-refractivity contribution in [3.63, 3.8) is 0 Å². The fraction of sp³-hybridized carbons (Fsp3) is 0.438. The van der Waals surface area contributed by atoms with Gasteiger partial charge in [0.15, 0.2) is 5.79 Å². The zero-order chi connectivity index (χ0) is 14.3. The third-order valence-electron chi connectivity index (χ3n) is 4.40. The number of pyridine rings is 1. The third kappa shape index (κ3) is 2.13. The van der Waals surface area contributed by atoms with Crippen LogP contribution in [0.4, 0.5) is 11.4 Å². The quantitative estimate of drug-likeness (QED) is 0.814. The van der Waals surface area contributed by atoms with E-state index >= 15 is 0 Å². The minimum atomic E-state index is -0.418. The summed E-state index contributed by atoms with van der Waals surface area (Å²) < 4.78 is 11.7. The van der Waals surface area contributed by atoms with Gasteiger partial charge in [0, 0.05) is 47.5 Å². The summed E-state index contributed by atoms with van der Waals surface area (Å²) in [5.41, 5.74) is 8.01. The number of hydrogen-bond donors (Lipinski definition) is 1. The maximum atomic E-state index is 6.06. The minimum absolute atomic E-state index is 0.418. The van der Waals surface area contributed by atoms with E-state index in [0.29, 0.717) is 13.2 Å². The highest BCUT2D eigenvalue weighted by Gasteiger charge is 2.41. The number of nitrogen functional groups attached to an aromatic ring is 1. The number of ether oxygens (including phenoxy) is 2. The van der Waals surface area contributed by atoms with E-state index in [1.54, 1.807) is 0 Å². The number of aromatic nitrogens is 1. The molecule has 0 unspecified atom stereocenters. The first-order chi connectivity index (χ1) is 10.3. The molecule has 2 fully saturated rings. The highest BCUT2D eigenvalue weighted by molar-refractivity contribution is 6.00. The molecule has 0 saturated carbocycles. The van der Waals surface area contributed by atoms with Crippen molar-refractivity contribution in [3.05, 3.63) is 30.6 Å². The molecular weight excluding hydrogens is 266 g/mol. The van der Waals surface area contributed by atoms with Crippen LogP contribution in [0.2, 0.25) is 0 Å². The average molecular weight is 285 g/mol. The average Bonchev–Trinajstić information content (AvgIpc) is 2.96. The molecule has 110 valence electrons. The number of nitrogens with two attached hydrogens (primary N) is 1. The zero-order valence-corrected chi connectivity index (χ0v) is 11.9. The molecule has 1 spiro atoms. The highest BCUT2D eigenvalue weighted by atomic mass is 16.7. The van der Waals surface area contributed by atoms with E-state index in [0.717, 1.165) is 42.4 Å². The number of benzene rings is 1. The normalized spacial score (nSPS) is 21.2. The number of fused-ring (bicyclic) bond motifs is 1. The smallest absolute Gasteiger partial charge is 0.186 e. The number of anilines is 2. The van der Waals surface area contributed by atoms with Gasteiger partial charge in [-0.15, -0.1) is 0 Å². The van der Waals surface area contributed by atoms with E-state index < -0.39 is 5.79 Å². The zero-order valence-electron chi connectivity index (χ0n) is 11.9. The molecule has 4 rings (SSSR count). The lowest BCUT2D eigenvalue weighted by Gasteiger charge is -2.40. The first-order valence-electron chi connectivity index (χ1n) is 7.43. The van der Waals surface area contributed by atoms with Crippen LogP contribution in [-0.2, 0) is 9.47 Å². The molecule has 2 aromatic rings. The second kappa shape index (κ2) is 4.86. The molecule has 2 aliphatic rings. The fourth-order valence-corrected chi connectivity index (χ4v) is 3.40. The fourth-order valence-electron chi connectivity index (χ4n) is 3.40. The second-order valence-corrected chi connectivity index (χ2v) is 5.73. The van der Waals surface area contributed by atoms with E-state index in [-0.39, 0.29) is 0 Å². The summed E-state index contributed by atoms with van der Waals surface area (Å²) in [5.74, 6) is -0.418. The topological polar surface area (TPSA) is 60.6 Å². The molecule has 21 heavy (non-hydrogen) atoms.